The van der Waals surface area contributed by atoms with Gasteiger partial charge in [-0.1, -0.05) is 19.3 Å². The van der Waals surface area contributed by atoms with Crippen LogP contribution in [0.1, 0.15) is 48.9 Å². The van der Waals surface area contributed by atoms with Crippen LogP contribution in [0.15, 0.2) is 16.8 Å². The molecule has 0 aromatic carbocycles. The molecule has 3 rings (SSSR count). The summed E-state index contributed by atoms with van der Waals surface area (Å²) in [4.78, 5) is 28.7. The lowest BCUT2D eigenvalue weighted by Gasteiger charge is -2.35. The van der Waals surface area contributed by atoms with Crippen molar-refractivity contribution in [3.63, 3.8) is 0 Å². The van der Waals surface area contributed by atoms with Crippen LogP contribution in [0.25, 0.3) is 0 Å². The van der Waals surface area contributed by atoms with E-state index in [-0.39, 0.29) is 5.91 Å². The Balaban J connectivity index is 1.31. The lowest BCUT2D eigenvalue weighted by Crippen LogP contribution is -2.50. The highest BCUT2D eigenvalue weighted by atomic mass is 32.1. The van der Waals surface area contributed by atoms with Crippen LogP contribution < -0.4 is 5.32 Å². The molecule has 1 aromatic rings. The second-order valence-electron chi connectivity index (χ2n) is 7.20. The minimum atomic E-state index is 0.00236. The van der Waals surface area contributed by atoms with Crippen LogP contribution >= 0.6 is 11.3 Å². The van der Waals surface area contributed by atoms with Crippen LogP contribution in [0.4, 0.5) is 0 Å². The van der Waals surface area contributed by atoms with Gasteiger partial charge in [-0.2, -0.15) is 11.3 Å². The highest BCUT2D eigenvalue weighted by molar-refractivity contribution is 7.08. The largest absolute Gasteiger partial charge is 0.351 e. The van der Waals surface area contributed by atoms with E-state index in [2.05, 4.69) is 10.2 Å². The van der Waals surface area contributed by atoms with Gasteiger partial charge in [0, 0.05) is 56.6 Å². The molecule has 2 fully saturated rings. The first-order valence-corrected chi connectivity index (χ1v) is 10.5. The molecule has 0 radical (unpaired) electrons. The normalized spacial score (nSPS) is 19.8. The highest BCUT2D eigenvalue weighted by Gasteiger charge is 2.24. The van der Waals surface area contributed by atoms with Gasteiger partial charge in [-0.05, 0) is 30.2 Å². The van der Waals surface area contributed by atoms with Crippen molar-refractivity contribution in [3.8, 4) is 0 Å². The third kappa shape index (κ3) is 5.54. The van der Waals surface area contributed by atoms with Crippen molar-refractivity contribution in [2.75, 3.05) is 39.3 Å². The van der Waals surface area contributed by atoms with Gasteiger partial charge >= 0.3 is 0 Å². The van der Waals surface area contributed by atoms with Gasteiger partial charge in [0.05, 0.1) is 0 Å². The number of amides is 2. The van der Waals surface area contributed by atoms with Gasteiger partial charge in [-0.25, -0.2) is 0 Å². The quantitative estimate of drug-likeness (QED) is 0.845. The molecule has 2 amide bonds. The van der Waals surface area contributed by atoms with Crippen LogP contribution in [-0.4, -0.2) is 60.9 Å². The van der Waals surface area contributed by atoms with Crippen LogP contribution in [0.3, 0.4) is 0 Å². The van der Waals surface area contributed by atoms with Crippen molar-refractivity contribution in [3.05, 3.63) is 22.4 Å². The van der Waals surface area contributed by atoms with E-state index in [1.807, 2.05) is 21.7 Å². The van der Waals surface area contributed by atoms with Crippen LogP contribution in [0.5, 0.6) is 0 Å². The summed E-state index contributed by atoms with van der Waals surface area (Å²) in [5.74, 6) is 0.964. The number of carbonyl (C=O) groups is 2. The Morgan fingerprint density at radius 1 is 1.12 bits per heavy atom. The van der Waals surface area contributed by atoms with Crippen LogP contribution in [0.2, 0.25) is 0 Å². The molecule has 1 aliphatic carbocycles. The maximum absolute atomic E-state index is 12.5. The average Bonchev–Trinajstić information content (AvgIpc) is 3.18. The maximum atomic E-state index is 12.5. The molecule has 25 heavy (non-hydrogen) atoms. The van der Waals surface area contributed by atoms with Gasteiger partial charge in [-0.3, -0.25) is 14.5 Å². The van der Waals surface area contributed by atoms with Crippen LogP contribution in [-0.2, 0) is 4.79 Å². The van der Waals surface area contributed by atoms with E-state index in [4.69, 9.17) is 0 Å². The third-order valence-corrected chi connectivity index (χ3v) is 6.09. The molecule has 1 saturated carbocycles. The Labute approximate surface area is 154 Å². The highest BCUT2D eigenvalue weighted by Crippen LogP contribution is 2.27. The van der Waals surface area contributed by atoms with Crippen molar-refractivity contribution in [1.29, 1.82) is 0 Å². The lowest BCUT2D eigenvalue weighted by molar-refractivity contribution is -0.134. The van der Waals surface area contributed by atoms with E-state index in [0.29, 0.717) is 18.4 Å². The zero-order valence-corrected chi connectivity index (χ0v) is 15.7. The lowest BCUT2D eigenvalue weighted by atomic mass is 9.86. The molecule has 1 aliphatic heterocycles. The smallest absolute Gasteiger partial charge is 0.252 e. The van der Waals surface area contributed by atoms with Gasteiger partial charge in [0.25, 0.3) is 5.91 Å². The number of hydrogen-bond acceptors (Lipinski definition) is 4. The zero-order chi connectivity index (χ0) is 17.5. The fourth-order valence-electron chi connectivity index (χ4n) is 3.81. The average molecular weight is 364 g/mol. The van der Waals surface area contributed by atoms with Crippen molar-refractivity contribution >= 4 is 23.2 Å². The molecule has 1 N–H and O–H groups in total. The van der Waals surface area contributed by atoms with Gasteiger partial charge < -0.3 is 10.2 Å². The second-order valence-corrected chi connectivity index (χ2v) is 7.98. The summed E-state index contributed by atoms with van der Waals surface area (Å²) in [6.45, 7) is 4.97. The Bertz CT molecular complexity index is 547. The Morgan fingerprint density at radius 3 is 2.56 bits per heavy atom. The molecule has 1 saturated heterocycles. The summed E-state index contributed by atoms with van der Waals surface area (Å²) in [5.41, 5.74) is 0.739. The monoisotopic (exact) mass is 363 g/mol. The van der Waals surface area contributed by atoms with Crippen molar-refractivity contribution in [2.24, 2.45) is 5.92 Å². The summed E-state index contributed by atoms with van der Waals surface area (Å²) in [5, 5.41) is 6.75. The third-order valence-electron chi connectivity index (χ3n) is 5.41. The van der Waals surface area contributed by atoms with E-state index >= 15 is 0 Å². The minimum absolute atomic E-state index is 0.00236. The predicted octanol–water partition coefficient (Wildman–Crippen LogP) is 2.59. The number of piperazine rings is 1. The molecule has 0 bridgehead atoms. The molecular formula is C19H29N3O2S. The van der Waals surface area contributed by atoms with E-state index in [1.54, 1.807) is 0 Å². The number of thiophene rings is 1. The molecule has 2 aliphatic rings. The molecule has 0 spiro atoms. The molecule has 5 nitrogen and oxygen atoms in total. The first-order valence-electron chi connectivity index (χ1n) is 9.53. The fraction of sp³-hybridized carbons (Fsp3) is 0.684. The number of nitrogens with one attached hydrogen (secondary N) is 1. The molecule has 0 unspecified atom stereocenters. The van der Waals surface area contributed by atoms with Gasteiger partial charge in [0.2, 0.25) is 5.91 Å². The summed E-state index contributed by atoms with van der Waals surface area (Å²) < 4.78 is 0. The first kappa shape index (κ1) is 18.4. The number of rotatable bonds is 6. The standard InChI is InChI=1S/C19H29N3O2S/c23-18(14-16-4-2-1-3-5-16)22-11-9-21(10-12-22)8-7-20-19(24)17-6-13-25-15-17/h6,13,15-16H,1-5,7-12,14H2,(H,20,24). The van der Waals surface area contributed by atoms with E-state index in [9.17, 15) is 9.59 Å². The zero-order valence-electron chi connectivity index (χ0n) is 14.9. The van der Waals surface area contributed by atoms with Gasteiger partial charge in [-0.15, -0.1) is 0 Å². The molecule has 138 valence electrons. The molecule has 1 aromatic heterocycles. The maximum Gasteiger partial charge on any atom is 0.252 e. The van der Waals surface area contributed by atoms with Crippen molar-refractivity contribution in [2.45, 2.75) is 38.5 Å². The number of hydrogen-bond donors (Lipinski definition) is 1. The molecule has 0 atom stereocenters. The Hall–Kier alpha value is -1.40. The topological polar surface area (TPSA) is 52.7 Å². The number of carbonyl (C=O) groups excluding carboxylic acids is 2. The summed E-state index contributed by atoms with van der Waals surface area (Å²) in [6.07, 6.45) is 7.14. The van der Waals surface area contributed by atoms with Gasteiger partial charge in [0.1, 0.15) is 0 Å². The SMILES string of the molecule is O=C(NCCN1CCN(C(=O)CC2CCCCC2)CC1)c1ccsc1. The summed E-state index contributed by atoms with van der Waals surface area (Å²) >= 11 is 1.54. The van der Waals surface area contributed by atoms with Crippen molar-refractivity contribution in [1.82, 2.24) is 15.1 Å². The summed E-state index contributed by atoms with van der Waals surface area (Å²) in [6, 6.07) is 1.84. The van der Waals surface area contributed by atoms with Crippen LogP contribution in [0, 0.1) is 5.92 Å². The van der Waals surface area contributed by atoms with Crippen molar-refractivity contribution < 1.29 is 9.59 Å². The summed E-state index contributed by atoms with van der Waals surface area (Å²) in [7, 11) is 0. The first-order chi connectivity index (χ1) is 12.2. The second kappa shape index (κ2) is 9.34. The Morgan fingerprint density at radius 2 is 1.88 bits per heavy atom. The molecule has 6 heteroatoms. The predicted molar refractivity (Wildman–Crippen MR) is 101 cm³/mol. The van der Waals surface area contributed by atoms with E-state index < -0.39 is 0 Å². The van der Waals surface area contributed by atoms with E-state index in [0.717, 1.165) is 44.7 Å². The van der Waals surface area contributed by atoms with Gasteiger partial charge in [0.15, 0.2) is 0 Å². The Kier molecular flexibility index (Phi) is 6.87. The van der Waals surface area contributed by atoms with E-state index in [1.165, 1.54) is 43.4 Å². The molecule has 2 heterocycles. The number of nitrogens with zero attached hydrogens (tertiary/aromatic N) is 2. The minimum Gasteiger partial charge on any atom is -0.351 e. The molecular weight excluding hydrogens is 334 g/mol. The fourth-order valence-corrected chi connectivity index (χ4v) is 4.45.